The normalized spacial score (nSPS) is 9.75. The van der Waals surface area contributed by atoms with Crippen LogP contribution in [0.5, 0.6) is 0 Å². The van der Waals surface area contributed by atoms with Crippen molar-refractivity contribution in [3.63, 3.8) is 0 Å². The van der Waals surface area contributed by atoms with Crippen LogP contribution in [-0.2, 0) is 9.53 Å². The number of hydrogen-bond donors (Lipinski definition) is 1. The smallest absolute Gasteiger partial charge is 0.333 e. The van der Waals surface area contributed by atoms with Crippen LogP contribution in [0.3, 0.4) is 0 Å². The molecule has 0 aliphatic heterocycles. The molecule has 20 heavy (non-hydrogen) atoms. The molecule has 0 spiro atoms. The van der Waals surface area contributed by atoms with Crippen LogP contribution >= 0.6 is 0 Å². The van der Waals surface area contributed by atoms with E-state index in [1.165, 1.54) is 0 Å². The maximum absolute atomic E-state index is 11.8. The number of esters is 1. The zero-order valence-electron chi connectivity index (χ0n) is 12.1. The van der Waals surface area contributed by atoms with E-state index in [0.717, 1.165) is 5.69 Å². The molecular weight excluding hydrogens is 256 g/mol. The van der Waals surface area contributed by atoms with Gasteiger partial charge in [-0.05, 0) is 31.2 Å². The van der Waals surface area contributed by atoms with E-state index in [9.17, 15) is 9.59 Å². The van der Waals surface area contributed by atoms with Gasteiger partial charge in [-0.1, -0.05) is 6.58 Å². The first-order valence-corrected chi connectivity index (χ1v) is 6.30. The van der Waals surface area contributed by atoms with Gasteiger partial charge in [0.1, 0.15) is 6.61 Å². The molecule has 0 radical (unpaired) electrons. The summed E-state index contributed by atoms with van der Waals surface area (Å²) in [7, 11) is 3.87. The van der Waals surface area contributed by atoms with Crippen molar-refractivity contribution in [1.82, 2.24) is 5.32 Å². The number of rotatable bonds is 6. The quantitative estimate of drug-likeness (QED) is 0.487. The second-order valence-electron chi connectivity index (χ2n) is 4.61. The summed E-state index contributed by atoms with van der Waals surface area (Å²) in [6.07, 6.45) is 0. The molecule has 1 aromatic rings. The summed E-state index contributed by atoms with van der Waals surface area (Å²) in [5, 5.41) is 2.68. The fourth-order valence-corrected chi connectivity index (χ4v) is 1.44. The van der Waals surface area contributed by atoms with Crippen molar-refractivity contribution < 1.29 is 14.3 Å². The fraction of sp³-hybridized carbons (Fsp3) is 0.333. The first kappa shape index (κ1) is 15.8. The lowest BCUT2D eigenvalue weighted by atomic mass is 10.2. The van der Waals surface area contributed by atoms with Crippen LogP contribution in [0.2, 0.25) is 0 Å². The molecule has 0 bridgehead atoms. The van der Waals surface area contributed by atoms with E-state index in [-0.39, 0.29) is 19.1 Å². The average Bonchev–Trinajstić information content (AvgIpc) is 2.43. The molecule has 1 aromatic carbocycles. The van der Waals surface area contributed by atoms with Crippen molar-refractivity contribution in [3.8, 4) is 0 Å². The molecule has 108 valence electrons. The Bertz CT molecular complexity index is 492. The van der Waals surface area contributed by atoms with Crippen LogP contribution in [-0.4, -0.2) is 39.1 Å². The monoisotopic (exact) mass is 276 g/mol. The van der Waals surface area contributed by atoms with Gasteiger partial charge in [-0.3, -0.25) is 4.79 Å². The van der Waals surface area contributed by atoms with Gasteiger partial charge in [0, 0.05) is 30.9 Å². The van der Waals surface area contributed by atoms with Gasteiger partial charge in [-0.15, -0.1) is 0 Å². The molecule has 0 atom stereocenters. The lowest BCUT2D eigenvalue weighted by Gasteiger charge is -2.12. The summed E-state index contributed by atoms with van der Waals surface area (Å²) in [5.74, 6) is -0.642. The van der Waals surface area contributed by atoms with E-state index in [4.69, 9.17) is 4.74 Å². The van der Waals surface area contributed by atoms with Gasteiger partial charge in [-0.25, -0.2) is 4.79 Å². The molecule has 1 rings (SSSR count). The van der Waals surface area contributed by atoms with Crippen LogP contribution < -0.4 is 10.2 Å². The van der Waals surface area contributed by atoms with Crippen molar-refractivity contribution in [1.29, 1.82) is 0 Å². The first-order chi connectivity index (χ1) is 9.41. The number of amides is 1. The molecule has 0 fully saturated rings. The Kier molecular flexibility index (Phi) is 5.77. The van der Waals surface area contributed by atoms with Crippen LogP contribution in [0, 0.1) is 0 Å². The molecule has 0 saturated heterocycles. The fourth-order valence-electron chi connectivity index (χ4n) is 1.44. The van der Waals surface area contributed by atoms with Crippen LogP contribution in [0.25, 0.3) is 0 Å². The first-order valence-electron chi connectivity index (χ1n) is 6.30. The standard InChI is InChI=1S/C15H20N2O3/c1-11(2)15(19)20-10-9-16-14(18)12-5-7-13(8-6-12)17(3)4/h5-8H,1,9-10H2,2-4H3,(H,16,18). The summed E-state index contributed by atoms with van der Waals surface area (Å²) >= 11 is 0. The van der Waals surface area contributed by atoms with E-state index in [2.05, 4.69) is 11.9 Å². The van der Waals surface area contributed by atoms with Crippen molar-refractivity contribution in [2.75, 3.05) is 32.1 Å². The SMILES string of the molecule is C=C(C)C(=O)OCCNC(=O)c1ccc(N(C)C)cc1. The number of hydrogen-bond acceptors (Lipinski definition) is 4. The Morgan fingerprint density at radius 1 is 1.25 bits per heavy atom. The summed E-state index contributed by atoms with van der Waals surface area (Å²) in [4.78, 5) is 24.9. The molecule has 1 amide bonds. The lowest BCUT2D eigenvalue weighted by Crippen LogP contribution is -2.28. The Morgan fingerprint density at radius 3 is 2.35 bits per heavy atom. The van der Waals surface area contributed by atoms with Crippen molar-refractivity contribution in [2.45, 2.75) is 6.92 Å². The molecule has 1 N–H and O–H groups in total. The largest absolute Gasteiger partial charge is 0.460 e. The lowest BCUT2D eigenvalue weighted by molar-refractivity contribution is -0.138. The van der Waals surface area contributed by atoms with Gasteiger partial charge < -0.3 is 15.0 Å². The zero-order valence-corrected chi connectivity index (χ0v) is 12.1. The zero-order chi connectivity index (χ0) is 15.1. The van der Waals surface area contributed by atoms with Crippen molar-refractivity contribution >= 4 is 17.6 Å². The highest BCUT2D eigenvalue weighted by molar-refractivity contribution is 5.94. The number of carbonyl (C=O) groups is 2. The van der Waals surface area contributed by atoms with E-state index < -0.39 is 5.97 Å². The summed E-state index contributed by atoms with van der Waals surface area (Å²) in [5.41, 5.74) is 1.94. The minimum atomic E-state index is -0.449. The Hall–Kier alpha value is -2.30. The number of carbonyl (C=O) groups excluding carboxylic acids is 2. The van der Waals surface area contributed by atoms with Gasteiger partial charge in [0.15, 0.2) is 0 Å². The number of nitrogens with zero attached hydrogens (tertiary/aromatic N) is 1. The van der Waals surface area contributed by atoms with E-state index >= 15 is 0 Å². The Balaban J connectivity index is 2.39. The predicted octanol–water partition coefficient (Wildman–Crippen LogP) is 1.60. The van der Waals surface area contributed by atoms with Gasteiger partial charge in [-0.2, -0.15) is 0 Å². The molecular formula is C15H20N2O3. The maximum atomic E-state index is 11.8. The van der Waals surface area contributed by atoms with Gasteiger partial charge in [0.2, 0.25) is 0 Å². The third-order valence-electron chi connectivity index (χ3n) is 2.62. The highest BCUT2D eigenvalue weighted by Gasteiger charge is 2.06. The third kappa shape index (κ3) is 4.76. The summed E-state index contributed by atoms with van der Waals surface area (Å²) in [6, 6.07) is 7.25. The molecule has 0 unspecified atom stereocenters. The Labute approximate surface area is 119 Å². The van der Waals surface area contributed by atoms with E-state index in [1.54, 1.807) is 19.1 Å². The maximum Gasteiger partial charge on any atom is 0.333 e. The molecule has 0 aliphatic rings. The number of benzene rings is 1. The molecule has 5 nitrogen and oxygen atoms in total. The average molecular weight is 276 g/mol. The van der Waals surface area contributed by atoms with E-state index in [1.807, 2.05) is 31.1 Å². The molecule has 5 heteroatoms. The van der Waals surface area contributed by atoms with Gasteiger partial charge >= 0.3 is 5.97 Å². The molecule has 0 heterocycles. The van der Waals surface area contributed by atoms with Crippen LogP contribution in [0.1, 0.15) is 17.3 Å². The molecule has 0 saturated carbocycles. The number of ether oxygens (including phenoxy) is 1. The second kappa shape index (κ2) is 7.33. The van der Waals surface area contributed by atoms with Crippen molar-refractivity contribution in [2.24, 2.45) is 0 Å². The molecule has 0 aliphatic carbocycles. The minimum absolute atomic E-state index is 0.132. The van der Waals surface area contributed by atoms with Crippen LogP contribution in [0.15, 0.2) is 36.4 Å². The Morgan fingerprint density at radius 2 is 1.85 bits per heavy atom. The summed E-state index contributed by atoms with van der Waals surface area (Å²) < 4.78 is 4.88. The highest BCUT2D eigenvalue weighted by atomic mass is 16.5. The number of nitrogens with one attached hydrogen (secondary N) is 1. The topological polar surface area (TPSA) is 58.6 Å². The van der Waals surface area contributed by atoms with Crippen molar-refractivity contribution in [3.05, 3.63) is 42.0 Å². The van der Waals surface area contributed by atoms with Crippen LogP contribution in [0.4, 0.5) is 5.69 Å². The van der Waals surface area contributed by atoms with Gasteiger partial charge in [0.05, 0.1) is 6.54 Å². The summed E-state index contributed by atoms with van der Waals surface area (Å²) in [6.45, 7) is 5.45. The highest BCUT2D eigenvalue weighted by Crippen LogP contribution is 2.11. The second-order valence-corrected chi connectivity index (χ2v) is 4.61. The van der Waals surface area contributed by atoms with Gasteiger partial charge in [0.25, 0.3) is 5.91 Å². The number of anilines is 1. The van der Waals surface area contributed by atoms with E-state index in [0.29, 0.717) is 11.1 Å². The predicted molar refractivity (Wildman–Crippen MR) is 78.9 cm³/mol. The molecule has 0 aromatic heterocycles. The third-order valence-corrected chi connectivity index (χ3v) is 2.62. The minimum Gasteiger partial charge on any atom is -0.460 e.